The lowest BCUT2D eigenvalue weighted by molar-refractivity contribution is -0.201. The van der Waals surface area contributed by atoms with Crippen molar-refractivity contribution < 1.29 is 13.9 Å². The van der Waals surface area contributed by atoms with E-state index in [9.17, 15) is 0 Å². The summed E-state index contributed by atoms with van der Waals surface area (Å²) in [5.74, 6) is -1.31. The fourth-order valence-electron chi connectivity index (χ4n) is 2.46. The normalized spacial score (nSPS) is 25.9. The van der Waals surface area contributed by atoms with E-state index in [0.29, 0.717) is 59.0 Å². The molecule has 5 heteroatoms. The second kappa shape index (κ2) is 5.40. The minimum Gasteiger partial charge on any atom is -0.379 e. The third kappa shape index (κ3) is 2.37. The van der Waals surface area contributed by atoms with Gasteiger partial charge in [0, 0.05) is 32.6 Å². The Hall–Kier alpha value is -0.230. The molecule has 0 bridgehead atoms. The van der Waals surface area contributed by atoms with E-state index < -0.39 is 5.92 Å². The Morgan fingerprint density at radius 1 is 0.938 bits per heavy atom. The van der Waals surface area contributed by atoms with Gasteiger partial charge in [-0.05, 0) is 0 Å². The van der Waals surface area contributed by atoms with Crippen LogP contribution in [0.4, 0.5) is 4.39 Å². The molecular weight excluding hydrogens is 211 g/mol. The lowest BCUT2D eigenvalue weighted by atomic mass is 10.2. The lowest BCUT2D eigenvalue weighted by Crippen LogP contribution is -2.62. The van der Waals surface area contributed by atoms with Crippen molar-refractivity contribution in [1.29, 1.82) is 0 Å². The molecule has 0 atom stereocenters. The molecule has 94 valence electrons. The van der Waals surface area contributed by atoms with E-state index >= 15 is 4.39 Å². The number of morpholine rings is 2. The van der Waals surface area contributed by atoms with Crippen molar-refractivity contribution in [1.82, 2.24) is 9.80 Å². The van der Waals surface area contributed by atoms with Crippen LogP contribution in [0.25, 0.3) is 0 Å². The minimum atomic E-state index is -1.31. The summed E-state index contributed by atoms with van der Waals surface area (Å²) < 4.78 is 25.6. The zero-order valence-electron chi connectivity index (χ0n) is 9.95. The van der Waals surface area contributed by atoms with Crippen molar-refractivity contribution in [2.45, 2.75) is 19.3 Å². The first-order valence-corrected chi connectivity index (χ1v) is 6.12. The highest BCUT2D eigenvalue weighted by Gasteiger charge is 2.42. The van der Waals surface area contributed by atoms with Crippen LogP contribution in [-0.4, -0.2) is 68.3 Å². The summed E-state index contributed by atoms with van der Waals surface area (Å²) in [7, 11) is 0. The van der Waals surface area contributed by atoms with Gasteiger partial charge in [-0.1, -0.05) is 6.92 Å². The van der Waals surface area contributed by atoms with Crippen molar-refractivity contribution >= 4 is 0 Å². The van der Waals surface area contributed by atoms with Crippen molar-refractivity contribution in [2.24, 2.45) is 0 Å². The van der Waals surface area contributed by atoms with E-state index in [0.717, 1.165) is 0 Å². The molecular formula is C11H21FN2O2. The topological polar surface area (TPSA) is 24.9 Å². The van der Waals surface area contributed by atoms with Crippen LogP contribution in [0.15, 0.2) is 0 Å². The molecule has 2 aliphatic heterocycles. The smallest absolute Gasteiger partial charge is 0.220 e. The molecule has 2 saturated heterocycles. The number of hydrogen-bond acceptors (Lipinski definition) is 4. The summed E-state index contributed by atoms with van der Waals surface area (Å²) in [4.78, 5) is 3.81. The highest BCUT2D eigenvalue weighted by molar-refractivity contribution is 4.83. The predicted molar refractivity (Wildman–Crippen MR) is 58.9 cm³/mol. The van der Waals surface area contributed by atoms with E-state index in [1.54, 1.807) is 0 Å². The van der Waals surface area contributed by atoms with Crippen molar-refractivity contribution in [2.75, 3.05) is 52.6 Å². The first-order valence-electron chi connectivity index (χ1n) is 6.12. The van der Waals surface area contributed by atoms with Gasteiger partial charge < -0.3 is 9.47 Å². The second-order valence-corrected chi connectivity index (χ2v) is 4.27. The van der Waals surface area contributed by atoms with Gasteiger partial charge in [-0.3, -0.25) is 9.80 Å². The standard InChI is InChI=1S/C11H21FN2O2/c1-2-11(12,13-3-7-15-8-4-13)14-5-9-16-10-6-14/h2-10H2,1H3. The Morgan fingerprint density at radius 3 is 1.62 bits per heavy atom. The monoisotopic (exact) mass is 232 g/mol. The number of rotatable bonds is 3. The molecule has 0 aromatic rings. The van der Waals surface area contributed by atoms with Crippen LogP contribution in [0.1, 0.15) is 13.3 Å². The van der Waals surface area contributed by atoms with Gasteiger partial charge in [-0.15, -0.1) is 0 Å². The van der Waals surface area contributed by atoms with Crippen LogP contribution in [-0.2, 0) is 9.47 Å². The minimum absolute atomic E-state index is 0.493. The molecule has 0 unspecified atom stereocenters. The maximum atomic E-state index is 15.0. The molecule has 0 amide bonds. The molecule has 0 spiro atoms. The molecule has 4 nitrogen and oxygen atoms in total. The van der Waals surface area contributed by atoms with Gasteiger partial charge in [0.05, 0.1) is 26.4 Å². The maximum absolute atomic E-state index is 15.0. The molecule has 16 heavy (non-hydrogen) atoms. The molecule has 0 N–H and O–H groups in total. The van der Waals surface area contributed by atoms with Crippen LogP contribution in [0.5, 0.6) is 0 Å². The maximum Gasteiger partial charge on any atom is 0.220 e. The summed E-state index contributed by atoms with van der Waals surface area (Å²) in [5.41, 5.74) is 0. The lowest BCUT2D eigenvalue weighted by Gasteiger charge is -2.47. The molecule has 2 fully saturated rings. The van der Waals surface area contributed by atoms with Crippen LogP contribution >= 0.6 is 0 Å². The molecule has 0 radical (unpaired) electrons. The highest BCUT2D eigenvalue weighted by Crippen LogP contribution is 2.28. The first kappa shape index (κ1) is 12.2. The summed E-state index contributed by atoms with van der Waals surface area (Å²) >= 11 is 0. The molecule has 0 aromatic carbocycles. The Labute approximate surface area is 96.3 Å². The SMILES string of the molecule is CCC(F)(N1CCOCC1)N1CCOCC1. The number of ether oxygens (including phenoxy) is 2. The quantitative estimate of drug-likeness (QED) is 0.668. The van der Waals surface area contributed by atoms with Crippen molar-refractivity contribution in [3.05, 3.63) is 0 Å². The number of alkyl halides is 1. The Balaban J connectivity index is 2.03. The zero-order chi connectivity index (χ0) is 11.4. The van der Waals surface area contributed by atoms with Gasteiger partial charge in [0.25, 0.3) is 0 Å². The van der Waals surface area contributed by atoms with Crippen molar-refractivity contribution in [3.8, 4) is 0 Å². The van der Waals surface area contributed by atoms with Crippen LogP contribution in [0.3, 0.4) is 0 Å². The first-order chi connectivity index (χ1) is 7.77. The predicted octanol–water partition coefficient (Wildman–Crippen LogP) is 0.684. The van der Waals surface area contributed by atoms with Gasteiger partial charge in [-0.25, -0.2) is 4.39 Å². The summed E-state index contributed by atoms with van der Waals surface area (Å²) in [6.07, 6.45) is 0.493. The van der Waals surface area contributed by atoms with E-state index in [-0.39, 0.29) is 0 Å². The molecule has 2 aliphatic rings. The van der Waals surface area contributed by atoms with E-state index in [1.165, 1.54) is 0 Å². The second-order valence-electron chi connectivity index (χ2n) is 4.27. The Morgan fingerprint density at radius 2 is 1.31 bits per heavy atom. The van der Waals surface area contributed by atoms with E-state index in [1.807, 2.05) is 16.7 Å². The Kier molecular flexibility index (Phi) is 4.13. The van der Waals surface area contributed by atoms with Gasteiger partial charge >= 0.3 is 0 Å². The van der Waals surface area contributed by atoms with Gasteiger partial charge in [-0.2, -0.15) is 0 Å². The van der Waals surface area contributed by atoms with Gasteiger partial charge in [0.1, 0.15) is 0 Å². The molecule has 2 heterocycles. The van der Waals surface area contributed by atoms with Gasteiger partial charge in [0.2, 0.25) is 5.92 Å². The average molecular weight is 232 g/mol. The third-order valence-electron chi connectivity index (χ3n) is 3.44. The molecule has 0 aliphatic carbocycles. The number of halogens is 1. The molecule has 0 aromatic heterocycles. The molecule has 2 rings (SSSR count). The zero-order valence-corrected chi connectivity index (χ0v) is 9.95. The fourth-order valence-corrected chi connectivity index (χ4v) is 2.46. The molecule has 0 saturated carbocycles. The number of nitrogens with zero attached hydrogens (tertiary/aromatic N) is 2. The van der Waals surface area contributed by atoms with E-state index in [4.69, 9.17) is 9.47 Å². The largest absolute Gasteiger partial charge is 0.379 e. The van der Waals surface area contributed by atoms with E-state index in [2.05, 4.69) is 0 Å². The van der Waals surface area contributed by atoms with Crippen LogP contribution < -0.4 is 0 Å². The summed E-state index contributed by atoms with van der Waals surface area (Å²) in [6.45, 7) is 7.18. The summed E-state index contributed by atoms with van der Waals surface area (Å²) in [5, 5.41) is 0. The summed E-state index contributed by atoms with van der Waals surface area (Å²) in [6, 6.07) is 0. The van der Waals surface area contributed by atoms with Crippen molar-refractivity contribution in [3.63, 3.8) is 0 Å². The van der Waals surface area contributed by atoms with Crippen LogP contribution in [0, 0.1) is 0 Å². The average Bonchev–Trinajstić information content (AvgIpc) is 2.40. The highest BCUT2D eigenvalue weighted by atomic mass is 19.2. The number of hydrogen-bond donors (Lipinski definition) is 0. The van der Waals surface area contributed by atoms with Crippen LogP contribution in [0.2, 0.25) is 0 Å². The Bertz CT molecular complexity index is 198. The van der Waals surface area contributed by atoms with Gasteiger partial charge in [0.15, 0.2) is 0 Å². The fraction of sp³-hybridized carbons (Fsp3) is 1.00. The third-order valence-corrected chi connectivity index (χ3v) is 3.44.